The van der Waals surface area contributed by atoms with Crippen LogP contribution in [0.2, 0.25) is 0 Å². The van der Waals surface area contributed by atoms with Gasteiger partial charge < -0.3 is 14.8 Å². The molecule has 0 aromatic rings. The molecule has 0 bridgehead atoms. The quantitative estimate of drug-likeness (QED) is 0.471. The van der Waals surface area contributed by atoms with Gasteiger partial charge >= 0.3 is 0 Å². The van der Waals surface area contributed by atoms with E-state index in [1.807, 2.05) is 13.8 Å². The molecule has 0 aliphatic heterocycles. The molecule has 17 heavy (non-hydrogen) atoms. The summed E-state index contributed by atoms with van der Waals surface area (Å²) in [7, 11) is 0. The highest BCUT2D eigenvalue weighted by Crippen LogP contribution is 1.96. The smallest absolute Gasteiger partial charge is 0.243 e. The number of amides is 1. The van der Waals surface area contributed by atoms with Crippen molar-refractivity contribution in [1.82, 2.24) is 5.32 Å². The number of carbonyl (C=O) groups is 1. The van der Waals surface area contributed by atoms with Crippen LogP contribution >= 0.6 is 0 Å². The number of unbranched alkanes of at least 4 members (excludes halogenated alkanes) is 1. The van der Waals surface area contributed by atoms with Gasteiger partial charge in [0.05, 0.1) is 19.3 Å². The molecule has 0 aliphatic carbocycles. The largest absolute Gasteiger partial charge is 0.379 e. The maximum absolute atomic E-state index is 11.0. The molecule has 0 rings (SSSR count). The summed E-state index contributed by atoms with van der Waals surface area (Å²) in [5.74, 6) is -0.173. The van der Waals surface area contributed by atoms with Gasteiger partial charge in [0.2, 0.25) is 5.91 Å². The number of ether oxygens (including phenoxy) is 2. The van der Waals surface area contributed by atoms with Crippen molar-refractivity contribution in [3.8, 4) is 0 Å². The molecular formula is C13H25NO3. The third-order valence-electron chi connectivity index (χ3n) is 2.20. The molecule has 0 aromatic heterocycles. The highest BCUT2D eigenvalue weighted by molar-refractivity contribution is 5.87. The van der Waals surface area contributed by atoms with Crippen molar-refractivity contribution in [2.75, 3.05) is 19.8 Å². The van der Waals surface area contributed by atoms with Crippen molar-refractivity contribution < 1.29 is 14.3 Å². The maximum atomic E-state index is 11.0. The van der Waals surface area contributed by atoms with Gasteiger partial charge in [-0.2, -0.15) is 0 Å². The van der Waals surface area contributed by atoms with E-state index in [0.717, 1.165) is 19.4 Å². The fourth-order valence-electron chi connectivity index (χ4n) is 1.20. The lowest BCUT2D eigenvalue weighted by atomic mass is 10.3. The van der Waals surface area contributed by atoms with Crippen LogP contribution in [0.15, 0.2) is 12.7 Å². The van der Waals surface area contributed by atoms with Crippen LogP contribution in [0.25, 0.3) is 0 Å². The molecule has 4 nitrogen and oxygen atoms in total. The summed E-state index contributed by atoms with van der Waals surface area (Å²) in [6.07, 6.45) is 3.53. The average molecular weight is 243 g/mol. The fourth-order valence-corrected chi connectivity index (χ4v) is 1.20. The first kappa shape index (κ1) is 16.1. The third-order valence-corrected chi connectivity index (χ3v) is 2.20. The Balaban J connectivity index is 3.51. The SMILES string of the molecule is C=CC(=O)NC(C)COC(C)COCCCC. The second-order valence-electron chi connectivity index (χ2n) is 4.19. The van der Waals surface area contributed by atoms with Gasteiger partial charge in [0, 0.05) is 12.6 Å². The Morgan fingerprint density at radius 3 is 2.71 bits per heavy atom. The molecule has 2 atom stereocenters. The monoisotopic (exact) mass is 243 g/mol. The van der Waals surface area contributed by atoms with Crippen LogP contribution in [-0.2, 0) is 14.3 Å². The molecule has 0 saturated heterocycles. The lowest BCUT2D eigenvalue weighted by Crippen LogP contribution is -2.36. The Labute approximate surface area is 104 Å². The minimum Gasteiger partial charge on any atom is -0.379 e. The Morgan fingerprint density at radius 1 is 1.41 bits per heavy atom. The number of hydrogen-bond donors (Lipinski definition) is 1. The number of carbonyl (C=O) groups excluding carboxylic acids is 1. The molecule has 0 saturated carbocycles. The first-order valence-electron chi connectivity index (χ1n) is 6.22. The second kappa shape index (κ2) is 10.3. The number of nitrogens with one attached hydrogen (secondary N) is 1. The predicted molar refractivity (Wildman–Crippen MR) is 68.9 cm³/mol. The van der Waals surface area contributed by atoms with Crippen molar-refractivity contribution >= 4 is 5.91 Å². The average Bonchev–Trinajstić information content (AvgIpc) is 2.32. The topological polar surface area (TPSA) is 47.6 Å². The number of hydrogen-bond acceptors (Lipinski definition) is 3. The zero-order chi connectivity index (χ0) is 13.1. The van der Waals surface area contributed by atoms with Gasteiger partial charge in [0.25, 0.3) is 0 Å². The van der Waals surface area contributed by atoms with Crippen molar-refractivity contribution in [2.24, 2.45) is 0 Å². The van der Waals surface area contributed by atoms with Gasteiger partial charge in [-0.3, -0.25) is 4.79 Å². The molecule has 0 radical (unpaired) electrons. The molecule has 1 amide bonds. The predicted octanol–water partition coefficient (Wildman–Crippen LogP) is 1.90. The van der Waals surface area contributed by atoms with E-state index in [1.165, 1.54) is 6.08 Å². The summed E-state index contributed by atoms with van der Waals surface area (Å²) in [5.41, 5.74) is 0. The Morgan fingerprint density at radius 2 is 2.12 bits per heavy atom. The molecule has 4 heteroatoms. The first-order valence-corrected chi connectivity index (χ1v) is 6.22. The summed E-state index contributed by atoms with van der Waals surface area (Å²) >= 11 is 0. The highest BCUT2D eigenvalue weighted by atomic mass is 16.5. The normalized spacial score (nSPS) is 14.1. The summed E-state index contributed by atoms with van der Waals surface area (Å²) in [5, 5.41) is 2.74. The Kier molecular flexibility index (Phi) is 9.77. The fraction of sp³-hybridized carbons (Fsp3) is 0.769. The van der Waals surface area contributed by atoms with E-state index in [2.05, 4.69) is 18.8 Å². The van der Waals surface area contributed by atoms with Crippen LogP contribution in [0.5, 0.6) is 0 Å². The van der Waals surface area contributed by atoms with E-state index in [1.54, 1.807) is 0 Å². The Hall–Kier alpha value is -0.870. The number of rotatable bonds is 10. The van der Waals surface area contributed by atoms with E-state index in [9.17, 15) is 4.79 Å². The van der Waals surface area contributed by atoms with Gasteiger partial charge in [0.1, 0.15) is 0 Å². The molecule has 0 aromatic carbocycles. The molecule has 0 aliphatic rings. The van der Waals surface area contributed by atoms with Crippen LogP contribution in [0, 0.1) is 0 Å². The van der Waals surface area contributed by atoms with Crippen molar-refractivity contribution in [3.63, 3.8) is 0 Å². The summed E-state index contributed by atoms with van der Waals surface area (Å²) in [6.45, 7) is 11.3. The summed E-state index contributed by atoms with van der Waals surface area (Å²) in [6, 6.07) is -0.0152. The van der Waals surface area contributed by atoms with Gasteiger partial charge in [-0.1, -0.05) is 19.9 Å². The van der Waals surface area contributed by atoms with Crippen LogP contribution in [0.4, 0.5) is 0 Å². The summed E-state index contributed by atoms with van der Waals surface area (Å²) < 4.78 is 11.0. The minimum atomic E-state index is -0.173. The summed E-state index contributed by atoms with van der Waals surface area (Å²) in [4.78, 5) is 11.0. The van der Waals surface area contributed by atoms with Crippen LogP contribution in [-0.4, -0.2) is 37.9 Å². The standard InChI is InChI=1S/C13H25NO3/c1-5-7-8-16-10-12(4)17-9-11(3)14-13(15)6-2/h6,11-12H,2,5,7-10H2,1,3-4H3,(H,14,15). The van der Waals surface area contributed by atoms with Crippen molar-refractivity contribution in [1.29, 1.82) is 0 Å². The third kappa shape index (κ3) is 10.0. The van der Waals surface area contributed by atoms with Gasteiger partial charge in [-0.25, -0.2) is 0 Å². The van der Waals surface area contributed by atoms with Crippen LogP contribution < -0.4 is 5.32 Å². The lowest BCUT2D eigenvalue weighted by Gasteiger charge is -2.17. The lowest BCUT2D eigenvalue weighted by molar-refractivity contribution is -0.117. The maximum Gasteiger partial charge on any atom is 0.243 e. The molecular weight excluding hydrogens is 218 g/mol. The van der Waals surface area contributed by atoms with E-state index in [-0.39, 0.29) is 18.1 Å². The van der Waals surface area contributed by atoms with E-state index in [4.69, 9.17) is 9.47 Å². The molecule has 0 spiro atoms. The van der Waals surface area contributed by atoms with E-state index in [0.29, 0.717) is 13.2 Å². The Bertz CT molecular complexity index is 219. The molecule has 0 fully saturated rings. The molecule has 2 unspecified atom stereocenters. The second-order valence-corrected chi connectivity index (χ2v) is 4.19. The van der Waals surface area contributed by atoms with E-state index < -0.39 is 0 Å². The van der Waals surface area contributed by atoms with Crippen molar-refractivity contribution in [2.45, 2.75) is 45.8 Å². The highest BCUT2D eigenvalue weighted by Gasteiger charge is 2.07. The zero-order valence-electron chi connectivity index (χ0n) is 11.2. The zero-order valence-corrected chi connectivity index (χ0v) is 11.2. The van der Waals surface area contributed by atoms with Crippen LogP contribution in [0.1, 0.15) is 33.6 Å². The first-order chi connectivity index (χ1) is 8.10. The molecule has 1 N–H and O–H groups in total. The van der Waals surface area contributed by atoms with E-state index >= 15 is 0 Å². The van der Waals surface area contributed by atoms with Crippen LogP contribution in [0.3, 0.4) is 0 Å². The molecule has 0 heterocycles. The van der Waals surface area contributed by atoms with Gasteiger partial charge in [-0.05, 0) is 26.3 Å². The van der Waals surface area contributed by atoms with Gasteiger partial charge in [0.15, 0.2) is 0 Å². The van der Waals surface area contributed by atoms with Crippen molar-refractivity contribution in [3.05, 3.63) is 12.7 Å². The minimum absolute atomic E-state index is 0.0152. The molecule has 100 valence electrons. The van der Waals surface area contributed by atoms with Gasteiger partial charge in [-0.15, -0.1) is 0 Å².